The van der Waals surface area contributed by atoms with Crippen LogP contribution in [0.5, 0.6) is 5.75 Å². The van der Waals surface area contributed by atoms with Crippen LogP contribution in [0.4, 0.5) is 5.69 Å². The summed E-state index contributed by atoms with van der Waals surface area (Å²) in [6.45, 7) is 4.46. The molecule has 0 spiro atoms. The van der Waals surface area contributed by atoms with E-state index in [2.05, 4.69) is 34.5 Å². The number of likely N-dealkylation sites (N-methyl/N-ethyl adjacent to an activating group) is 1. The molecule has 26 heavy (non-hydrogen) atoms. The second-order valence-corrected chi connectivity index (χ2v) is 6.55. The zero-order valence-electron chi connectivity index (χ0n) is 16.3. The van der Waals surface area contributed by atoms with Gasteiger partial charge >= 0.3 is 0 Å². The van der Waals surface area contributed by atoms with E-state index in [1.54, 1.807) is 14.2 Å². The predicted octanol–water partition coefficient (Wildman–Crippen LogP) is 3.19. The number of guanidine groups is 1. The highest BCUT2D eigenvalue weighted by Crippen LogP contribution is 2.26. The minimum Gasteiger partial charge on any atom is -0.493 e. The Morgan fingerprint density at radius 2 is 2.12 bits per heavy atom. The van der Waals surface area contributed by atoms with Gasteiger partial charge < -0.3 is 20.1 Å². The smallest absolute Gasteiger partial charge is 0.195 e. The van der Waals surface area contributed by atoms with Gasteiger partial charge in [-0.05, 0) is 38.9 Å². The Bertz CT molecular complexity index is 552. The maximum absolute atomic E-state index is 5.74. The van der Waals surface area contributed by atoms with Gasteiger partial charge in [-0.15, -0.1) is 24.0 Å². The van der Waals surface area contributed by atoms with E-state index in [1.807, 2.05) is 24.3 Å². The van der Waals surface area contributed by atoms with E-state index in [0.29, 0.717) is 19.3 Å². The minimum atomic E-state index is 0. The average molecular weight is 476 g/mol. The van der Waals surface area contributed by atoms with Gasteiger partial charge in [0.25, 0.3) is 0 Å². The Balaban J connectivity index is 0.00000338. The van der Waals surface area contributed by atoms with Gasteiger partial charge in [0, 0.05) is 57.6 Å². The maximum atomic E-state index is 5.74. The minimum absolute atomic E-state index is 0. The molecule has 0 aromatic heterocycles. The molecule has 1 saturated carbocycles. The number of rotatable bonds is 10. The number of hydrogen-bond donors (Lipinski definition) is 2. The van der Waals surface area contributed by atoms with Crippen molar-refractivity contribution < 1.29 is 9.47 Å². The van der Waals surface area contributed by atoms with E-state index in [-0.39, 0.29) is 24.0 Å². The predicted molar refractivity (Wildman–Crippen MR) is 119 cm³/mol. The standard InChI is InChI=1S/C19H32N4O2.HI/c1-15(23(3)17-9-10-17)14-21-19(20-2)22-16-7-5-8-18(13-16)25-12-6-11-24-4;/h5,7-8,13,15,17H,6,9-12,14H2,1-4H3,(H2,20,21,22);1H. The molecule has 1 aliphatic carbocycles. The van der Waals surface area contributed by atoms with Gasteiger partial charge in [-0.2, -0.15) is 0 Å². The largest absolute Gasteiger partial charge is 0.493 e. The number of methoxy groups -OCH3 is 1. The first kappa shape index (κ1) is 23.0. The van der Waals surface area contributed by atoms with Crippen LogP contribution in [0.3, 0.4) is 0 Å². The Hall–Kier alpha value is -1.06. The van der Waals surface area contributed by atoms with Crippen molar-refractivity contribution in [1.82, 2.24) is 10.2 Å². The third kappa shape index (κ3) is 8.09. The van der Waals surface area contributed by atoms with Crippen LogP contribution in [0.2, 0.25) is 0 Å². The molecular weight excluding hydrogens is 443 g/mol. The number of halogens is 1. The van der Waals surface area contributed by atoms with E-state index >= 15 is 0 Å². The van der Waals surface area contributed by atoms with Crippen molar-refractivity contribution >= 4 is 35.6 Å². The highest BCUT2D eigenvalue weighted by atomic mass is 127. The highest BCUT2D eigenvalue weighted by molar-refractivity contribution is 14.0. The van der Waals surface area contributed by atoms with Crippen LogP contribution in [-0.2, 0) is 4.74 Å². The summed E-state index contributed by atoms with van der Waals surface area (Å²) in [7, 11) is 5.69. The van der Waals surface area contributed by atoms with Crippen molar-refractivity contribution in [2.24, 2.45) is 4.99 Å². The summed E-state index contributed by atoms with van der Waals surface area (Å²) in [5.41, 5.74) is 0.959. The van der Waals surface area contributed by atoms with Gasteiger partial charge in [-0.1, -0.05) is 6.07 Å². The second kappa shape index (κ2) is 12.3. The summed E-state index contributed by atoms with van der Waals surface area (Å²) >= 11 is 0. The Morgan fingerprint density at radius 3 is 2.77 bits per heavy atom. The number of nitrogens with one attached hydrogen (secondary N) is 2. The molecule has 2 rings (SSSR count). The van der Waals surface area contributed by atoms with Crippen molar-refractivity contribution in [1.29, 1.82) is 0 Å². The summed E-state index contributed by atoms with van der Waals surface area (Å²) < 4.78 is 10.8. The highest BCUT2D eigenvalue weighted by Gasteiger charge is 2.28. The Morgan fingerprint density at radius 1 is 1.35 bits per heavy atom. The maximum Gasteiger partial charge on any atom is 0.195 e. The van der Waals surface area contributed by atoms with Crippen LogP contribution in [0.15, 0.2) is 29.3 Å². The van der Waals surface area contributed by atoms with Gasteiger partial charge in [-0.3, -0.25) is 9.89 Å². The average Bonchev–Trinajstić information content (AvgIpc) is 3.47. The number of anilines is 1. The lowest BCUT2D eigenvalue weighted by Crippen LogP contribution is -2.43. The van der Waals surface area contributed by atoms with Gasteiger partial charge in [0.15, 0.2) is 5.96 Å². The fourth-order valence-corrected chi connectivity index (χ4v) is 2.60. The van der Waals surface area contributed by atoms with E-state index in [1.165, 1.54) is 12.8 Å². The second-order valence-electron chi connectivity index (χ2n) is 6.55. The van der Waals surface area contributed by atoms with Crippen LogP contribution >= 0.6 is 24.0 Å². The fraction of sp³-hybridized carbons (Fsp3) is 0.632. The molecule has 1 aromatic carbocycles. The number of ether oxygens (including phenoxy) is 2. The van der Waals surface area contributed by atoms with Crippen LogP contribution in [0.1, 0.15) is 26.2 Å². The molecule has 1 aliphatic rings. The molecule has 1 atom stereocenters. The van der Waals surface area contributed by atoms with E-state index in [9.17, 15) is 0 Å². The van der Waals surface area contributed by atoms with Gasteiger partial charge in [0.05, 0.1) is 6.61 Å². The van der Waals surface area contributed by atoms with Gasteiger partial charge in [0.2, 0.25) is 0 Å². The van der Waals surface area contributed by atoms with Crippen molar-refractivity contribution in [3.63, 3.8) is 0 Å². The van der Waals surface area contributed by atoms with Gasteiger partial charge in [0.1, 0.15) is 5.75 Å². The van der Waals surface area contributed by atoms with Gasteiger partial charge in [-0.25, -0.2) is 0 Å². The molecule has 1 fully saturated rings. The summed E-state index contributed by atoms with van der Waals surface area (Å²) in [6, 6.07) is 9.17. The molecule has 0 aliphatic heterocycles. The lowest BCUT2D eigenvalue weighted by Gasteiger charge is -2.25. The van der Waals surface area contributed by atoms with Crippen molar-refractivity contribution in [3.8, 4) is 5.75 Å². The molecule has 7 heteroatoms. The molecule has 0 bridgehead atoms. The third-order valence-electron chi connectivity index (χ3n) is 4.46. The first-order valence-electron chi connectivity index (χ1n) is 9.05. The normalized spacial score (nSPS) is 15.3. The fourth-order valence-electron chi connectivity index (χ4n) is 2.60. The number of hydrogen-bond acceptors (Lipinski definition) is 4. The van der Waals surface area contributed by atoms with Crippen molar-refractivity contribution in [3.05, 3.63) is 24.3 Å². The molecule has 1 unspecified atom stereocenters. The molecule has 0 radical (unpaired) electrons. The lowest BCUT2D eigenvalue weighted by molar-refractivity contribution is 0.172. The zero-order valence-corrected chi connectivity index (χ0v) is 18.7. The summed E-state index contributed by atoms with van der Waals surface area (Å²) in [6.07, 6.45) is 3.53. The molecule has 0 saturated heterocycles. The van der Waals surface area contributed by atoms with Crippen molar-refractivity contribution in [2.45, 2.75) is 38.3 Å². The van der Waals surface area contributed by atoms with Crippen LogP contribution in [-0.4, -0.2) is 63.9 Å². The number of benzene rings is 1. The number of aliphatic imine (C=N–C) groups is 1. The first-order chi connectivity index (χ1) is 12.1. The quantitative estimate of drug-likeness (QED) is 0.235. The van der Waals surface area contributed by atoms with E-state index in [0.717, 1.165) is 36.4 Å². The van der Waals surface area contributed by atoms with Crippen LogP contribution in [0, 0.1) is 0 Å². The molecule has 6 nitrogen and oxygen atoms in total. The lowest BCUT2D eigenvalue weighted by atomic mass is 10.3. The van der Waals surface area contributed by atoms with Crippen LogP contribution in [0.25, 0.3) is 0 Å². The molecule has 148 valence electrons. The topological polar surface area (TPSA) is 58.1 Å². The monoisotopic (exact) mass is 476 g/mol. The number of nitrogens with zero attached hydrogens (tertiary/aromatic N) is 2. The zero-order chi connectivity index (χ0) is 18.1. The first-order valence-corrected chi connectivity index (χ1v) is 9.05. The molecule has 1 aromatic rings. The Labute approximate surface area is 174 Å². The SMILES string of the molecule is CN=C(NCC(C)N(C)C1CC1)Nc1cccc(OCCCOC)c1.I. The van der Waals surface area contributed by atoms with Crippen molar-refractivity contribution in [2.75, 3.05) is 46.3 Å². The molecule has 2 N–H and O–H groups in total. The van der Waals surface area contributed by atoms with E-state index in [4.69, 9.17) is 9.47 Å². The summed E-state index contributed by atoms with van der Waals surface area (Å²) in [5, 5.41) is 6.73. The molecule has 0 amide bonds. The molecular formula is C19H33IN4O2. The summed E-state index contributed by atoms with van der Waals surface area (Å²) in [5.74, 6) is 1.62. The Kier molecular flexibility index (Phi) is 10.9. The summed E-state index contributed by atoms with van der Waals surface area (Å²) in [4.78, 5) is 6.75. The third-order valence-corrected chi connectivity index (χ3v) is 4.46. The van der Waals surface area contributed by atoms with Crippen LogP contribution < -0.4 is 15.4 Å². The molecule has 0 heterocycles. The van der Waals surface area contributed by atoms with E-state index < -0.39 is 0 Å².